The van der Waals surface area contributed by atoms with E-state index in [-0.39, 0.29) is 17.7 Å². The van der Waals surface area contributed by atoms with Gasteiger partial charge in [0.15, 0.2) is 0 Å². The molecular formula is C27H45N3O4. The Morgan fingerprint density at radius 2 is 1.56 bits per heavy atom. The zero-order valence-corrected chi connectivity index (χ0v) is 22.7. The molecule has 1 rings (SSSR count). The largest absolute Gasteiger partial charge is 0.444 e. The molecule has 0 heterocycles. The van der Waals surface area contributed by atoms with E-state index in [9.17, 15) is 14.4 Å². The van der Waals surface area contributed by atoms with Gasteiger partial charge in [0, 0.05) is 12.1 Å². The Morgan fingerprint density at radius 3 is 2.00 bits per heavy atom. The predicted molar refractivity (Wildman–Crippen MR) is 136 cm³/mol. The molecule has 2 atom stereocenters. The Bertz CT molecular complexity index is 820. The van der Waals surface area contributed by atoms with Crippen LogP contribution in [0.2, 0.25) is 0 Å². The molecule has 0 aliphatic carbocycles. The summed E-state index contributed by atoms with van der Waals surface area (Å²) in [7, 11) is 0. The molecule has 7 nitrogen and oxygen atoms in total. The minimum atomic E-state index is -0.817. The van der Waals surface area contributed by atoms with Crippen molar-refractivity contribution in [1.82, 2.24) is 15.5 Å². The summed E-state index contributed by atoms with van der Waals surface area (Å²) >= 11 is 0. The van der Waals surface area contributed by atoms with Gasteiger partial charge < -0.3 is 20.3 Å². The van der Waals surface area contributed by atoms with Gasteiger partial charge in [-0.1, -0.05) is 50.6 Å². The van der Waals surface area contributed by atoms with Crippen molar-refractivity contribution in [3.05, 3.63) is 35.4 Å². The minimum absolute atomic E-state index is 0.147. The van der Waals surface area contributed by atoms with Crippen molar-refractivity contribution >= 4 is 17.9 Å². The maximum atomic E-state index is 13.9. The number of carbonyl (C=O) groups is 3. The SMILES string of the molecule is CCCN(C(=O)C(CC(C)C)NC(=O)OC(C)(C)C)C(C(=O)NC(C)(C)C)c1ccc(C)cc1. The Kier molecular flexibility index (Phi) is 10.6. The number of amides is 3. The van der Waals surface area contributed by atoms with Crippen LogP contribution < -0.4 is 10.6 Å². The van der Waals surface area contributed by atoms with Crippen LogP contribution in [0.5, 0.6) is 0 Å². The highest BCUT2D eigenvalue weighted by atomic mass is 16.6. The Hall–Kier alpha value is -2.57. The van der Waals surface area contributed by atoms with Crippen LogP contribution in [-0.2, 0) is 14.3 Å². The average molecular weight is 476 g/mol. The number of hydrogen-bond donors (Lipinski definition) is 2. The Morgan fingerprint density at radius 1 is 1.00 bits per heavy atom. The third-order valence-corrected chi connectivity index (χ3v) is 4.90. The molecule has 0 bridgehead atoms. The normalized spacial score (nSPS) is 13.7. The zero-order chi connectivity index (χ0) is 26.3. The number of hydrogen-bond acceptors (Lipinski definition) is 4. The summed E-state index contributed by atoms with van der Waals surface area (Å²) in [5.74, 6) is -0.400. The molecule has 2 N–H and O–H groups in total. The van der Waals surface area contributed by atoms with E-state index in [1.807, 2.05) is 72.7 Å². The molecule has 3 amide bonds. The van der Waals surface area contributed by atoms with Gasteiger partial charge in [-0.2, -0.15) is 0 Å². The van der Waals surface area contributed by atoms with Crippen LogP contribution in [0.25, 0.3) is 0 Å². The molecule has 1 aromatic carbocycles. The summed E-state index contributed by atoms with van der Waals surface area (Å²) in [5.41, 5.74) is 0.647. The van der Waals surface area contributed by atoms with Crippen LogP contribution in [-0.4, -0.2) is 46.5 Å². The summed E-state index contributed by atoms with van der Waals surface area (Å²) in [6.07, 6.45) is 0.450. The second-order valence-corrected chi connectivity index (χ2v) is 11.4. The second kappa shape index (κ2) is 12.2. The van der Waals surface area contributed by atoms with Gasteiger partial charge in [0.1, 0.15) is 17.7 Å². The summed E-state index contributed by atoms with van der Waals surface area (Å²) in [6, 6.07) is 6.02. The number of nitrogens with zero attached hydrogens (tertiary/aromatic N) is 1. The highest BCUT2D eigenvalue weighted by Gasteiger charge is 2.37. The summed E-state index contributed by atoms with van der Waals surface area (Å²) in [4.78, 5) is 41.5. The highest BCUT2D eigenvalue weighted by molar-refractivity contribution is 5.92. The van der Waals surface area contributed by atoms with E-state index < -0.39 is 29.3 Å². The molecule has 0 radical (unpaired) electrons. The monoisotopic (exact) mass is 475 g/mol. The van der Waals surface area contributed by atoms with E-state index in [0.717, 1.165) is 11.1 Å². The summed E-state index contributed by atoms with van der Waals surface area (Å²) in [5, 5.41) is 5.79. The molecule has 0 fully saturated rings. The van der Waals surface area contributed by atoms with E-state index >= 15 is 0 Å². The molecule has 1 aromatic rings. The molecule has 0 spiro atoms. The van der Waals surface area contributed by atoms with Crippen LogP contribution in [0.4, 0.5) is 4.79 Å². The molecule has 0 aliphatic rings. The van der Waals surface area contributed by atoms with Crippen LogP contribution in [0.1, 0.15) is 92.3 Å². The Labute approximate surface area is 206 Å². The zero-order valence-electron chi connectivity index (χ0n) is 22.7. The number of rotatable bonds is 9. The lowest BCUT2D eigenvalue weighted by Crippen LogP contribution is -2.55. The van der Waals surface area contributed by atoms with Crippen molar-refractivity contribution in [2.45, 2.75) is 105 Å². The predicted octanol–water partition coefficient (Wildman–Crippen LogP) is 5.13. The first-order valence-corrected chi connectivity index (χ1v) is 12.2. The lowest BCUT2D eigenvalue weighted by molar-refractivity contribution is -0.143. The van der Waals surface area contributed by atoms with E-state index in [1.54, 1.807) is 25.7 Å². The molecule has 7 heteroatoms. The number of nitrogens with one attached hydrogen (secondary N) is 2. The van der Waals surface area contributed by atoms with Gasteiger partial charge in [-0.3, -0.25) is 9.59 Å². The fourth-order valence-electron chi connectivity index (χ4n) is 3.61. The van der Waals surface area contributed by atoms with Crippen molar-refractivity contribution in [1.29, 1.82) is 0 Å². The van der Waals surface area contributed by atoms with E-state index in [0.29, 0.717) is 19.4 Å². The molecular weight excluding hydrogens is 430 g/mol. The maximum Gasteiger partial charge on any atom is 0.408 e. The molecule has 0 aliphatic heterocycles. The minimum Gasteiger partial charge on any atom is -0.444 e. The Balaban J connectivity index is 3.43. The van der Waals surface area contributed by atoms with Gasteiger partial charge in [0.25, 0.3) is 0 Å². The van der Waals surface area contributed by atoms with Crippen LogP contribution in [0.15, 0.2) is 24.3 Å². The number of benzene rings is 1. The van der Waals surface area contributed by atoms with Crippen molar-refractivity contribution in [2.75, 3.05) is 6.54 Å². The number of alkyl carbamates (subject to hydrolysis) is 1. The molecule has 0 saturated carbocycles. The second-order valence-electron chi connectivity index (χ2n) is 11.4. The number of carbonyl (C=O) groups excluding carboxylic acids is 3. The fraction of sp³-hybridized carbons (Fsp3) is 0.667. The molecule has 2 unspecified atom stereocenters. The standard InChI is InChI=1S/C27H45N3O4/c1-11-16-30(24(32)21(17-18(2)3)28-25(33)34-27(8,9)10)22(23(31)29-26(5,6)7)20-14-12-19(4)13-15-20/h12-15,18,21-22H,11,16-17H2,1-10H3,(H,28,33)(H,29,31). The lowest BCUT2D eigenvalue weighted by Gasteiger charge is -2.36. The molecule has 0 saturated heterocycles. The quantitative estimate of drug-likeness (QED) is 0.518. The van der Waals surface area contributed by atoms with Gasteiger partial charge >= 0.3 is 6.09 Å². The van der Waals surface area contributed by atoms with Crippen LogP contribution in [0, 0.1) is 12.8 Å². The number of aryl methyl sites for hydroxylation is 1. The molecule has 34 heavy (non-hydrogen) atoms. The van der Waals surface area contributed by atoms with Crippen LogP contribution >= 0.6 is 0 Å². The maximum absolute atomic E-state index is 13.9. The van der Waals surface area contributed by atoms with Crippen molar-refractivity contribution < 1.29 is 19.1 Å². The lowest BCUT2D eigenvalue weighted by atomic mass is 9.97. The van der Waals surface area contributed by atoms with E-state index in [2.05, 4.69) is 10.6 Å². The van der Waals surface area contributed by atoms with Gasteiger partial charge in [-0.25, -0.2) is 4.79 Å². The third-order valence-electron chi connectivity index (χ3n) is 4.90. The van der Waals surface area contributed by atoms with Gasteiger partial charge in [0.05, 0.1) is 0 Å². The fourth-order valence-corrected chi connectivity index (χ4v) is 3.61. The van der Waals surface area contributed by atoms with Gasteiger partial charge in [-0.15, -0.1) is 0 Å². The van der Waals surface area contributed by atoms with E-state index in [4.69, 9.17) is 4.74 Å². The smallest absolute Gasteiger partial charge is 0.408 e. The van der Waals surface area contributed by atoms with E-state index in [1.165, 1.54) is 0 Å². The van der Waals surface area contributed by atoms with Crippen molar-refractivity contribution in [2.24, 2.45) is 5.92 Å². The summed E-state index contributed by atoms with van der Waals surface area (Å²) in [6.45, 7) is 19.4. The first-order chi connectivity index (χ1) is 15.5. The third kappa shape index (κ3) is 10.1. The van der Waals surface area contributed by atoms with Gasteiger partial charge in [0.2, 0.25) is 11.8 Å². The topological polar surface area (TPSA) is 87.7 Å². The first-order valence-electron chi connectivity index (χ1n) is 12.2. The highest BCUT2D eigenvalue weighted by Crippen LogP contribution is 2.25. The van der Waals surface area contributed by atoms with Gasteiger partial charge in [-0.05, 0) is 72.8 Å². The molecule has 192 valence electrons. The molecule has 0 aromatic heterocycles. The average Bonchev–Trinajstić information content (AvgIpc) is 2.64. The first kappa shape index (κ1) is 29.5. The summed E-state index contributed by atoms with van der Waals surface area (Å²) < 4.78 is 5.41. The van der Waals surface area contributed by atoms with Crippen molar-refractivity contribution in [3.8, 4) is 0 Å². The number of ether oxygens (including phenoxy) is 1. The van der Waals surface area contributed by atoms with Crippen molar-refractivity contribution in [3.63, 3.8) is 0 Å². The van der Waals surface area contributed by atoms with Crippen LogP contribution in [0.3, 0.4) is 0 Å².